The number of nitrogens with one attached hydrogen (secondary N) is 2. The van der Waals surface area contributed by atoms with Gasteiger partial charge in [0, 0.05) is 42.2 Å². The molecule has 1 atom stereocenters. The van der Waals surface area contributed by atoms with E-state index in [1.54, 1.807) is 13.3 Å². The number of benzene rings is 1. The first-order chi connectivity index (χ1) is 13.1. The zero-order valence-corrected chi connectivity index (χ0v) is 15.7. The molecule has 7 nitrogen and oxygen atoms in total. The number of pyridine rings is 1. The highest BCUT2D eigenvalue weighted by molar-refractivity contribution is 5.92. The molecule has 1 aromatic carbocycles. The van der Waals surface area contributed by atoms with Gasteiger partial charge in [-0.05, 0) is 30.7 Å². The summed E-state index contributed by atoms with van der Waals surface area (Å²) in [6.07, 6.45) is 3.79. The van der Waals surface area contributed by atoms with E-state index < -0.39 is 0 Å². The van der Waals surface area contributed by atoms with E-state index in [1.165, 1.54) is 6.33 Å². The number of hydrogen-bond donors (Lipinski definition) is 2. The zero-order valence-electron chi connectivity index (χ0n) is 15.7. The molecule has 1 amide bonds. The molecule has 0 aliphatic carbocycles. The van der Waals surface area contributed by atoms with Crippen LogP contribution in [0, 0.1) is 0 Å². The lowest BCUT2D eigenvalue weighted by Crippen LogP contribution is -2.34. The molecule has 0 radical (unpaired) electrons. The molecule has 0 bridgehead atoms. The van der Waals surface area contributed by atoms with Gasteiger partial charge in [0.05, 0.1) is 12.6 Å². The summed E-state index contributed by atoms with van der Waals surface area (Å²) in [5.74, 6) is 1.35. The molecule has 0 spiro atoms. The minimum absolute atomic E-state index is 0.0323. The molecule has 2 heterocycles. The molecule has 3 rings (SSSR count). The second-order valence-electron chi connectivity index (χ2n) is 6.25. The van der Waals surface area contributed by atoms with Crippen molar-refractivity contribution < 1.29 is 9.53 Å². The molecule has 2 aromatic heterocycles. The Labute approximate surface area is 158 Å². The highest BCUT2D eigenvalue weighted by Gasteiger charge is 2.10. The van der Waals surface area contributed by atoms with Gasteiger partial charge in [-0.1, -0.05) is 13.0 Å². The van der Waals surface area contributed by atoms with Gasteiger partial charge >= 0.3 is 0 Å². The fraction of sp³-hybridized carbons (Fsp3) is 0.300. The van der Waals surface area contributed by atoms with Gasteiger partial charge in [-0.3, -0.25) is 4.79 Å². The summed E-state index contributed by atoms with van der Waals surface area (Å²) >= 11 is 0. The molecule has 0 aliphatic rings. The van der Waals surface area contributed by atoms with Crippen molar-refractivity contribution in [3.8, 4) is 17.0 Å². The van der Waals surface area contributed by atoms with Crippen LogP contribution in [0.3, 0.4) is 0 Å². The number of fused-ring (bicyclic) bond motifs is 1. The number of carbonyl (C=O) groups is 1. The number of hydrogen-bond acceptors (Lipinski definition) is 6. The Balaban J connectivity index is 1.86. The van der Waals surface area contributed by atoms with Crippen LogP contribution in [0.1, 0.15) is 20.3 Å². The van der Waals surface area contributed by atoms with Gasteiger partial charge in [0.1, 0.15) is 12.1 Å². The van der Waals surface area contributed by atoms with Gasteiger partial charge in [-0.2, -0.15) is 0 Å². The van der Waals surface area contributed by atoms with Crippen molar-refractivity contribution in [1.82, 2.24) is 20.3 Å². The summed E-state index contributed by atoms with van der Waals surface area (Å²) in [4.78, 5) is 24.4. The van der Waals surface area contributed by atoms with E-state index >= 15 is 0 Å². The third-order valence-electron chi connectivity index (χ3n) is 4.22. The SMILES string of the molecule is CCC(=O)NCC(C)Nc1ncnc2ccc(-c3ccc(OC)nc3)cc12. The number of aromatic nitrogens is 3. The van der Waals surface area contributed by atoms with Gasteiger partial charge in [0.15, 0.2) is 0 Å². The van der Waals surface area contributed by atoms with E-state index in [-0.39, 0.29) is 11.9 Å². The van der Waals surface area contributed by atoms with Crippen LogP contribution >= 0.6 is 0 Å². The summed E-state index contributed by atoms with van der Waals surface area (Å²) in [5, 5.41) is 7.16. The first kappa shape index (κ1) is 18.6. The van der Waals surface area contributed by atoms with E-state index in [0.29, 0.717) is 18.8 Å². The Morgan fingerprint density at radius 3 is 2.67 bits per heavy atom. The third kappa shape index (κ3) is 4.49. The van der Waals surface area contributed by atoms with E-state index in [2.05, 4.69) is 25.6 Å². The van der Waals surface area contributed by atoms with Crippen LogP contribution in [-0.4, -0.2) is 40.6 Å². The molecule has 0 fully saturated rings. The number of anilines is 1. The lowest BCUT2D eigenvalue weighted by Gasteiger charge is -2.16. The minimum atomic E-state index is 0.0323. The monoisotopic (exact) mass is 365 g/mol. The van der Waals surface area contributed by atoms with Crippen LogP contribution in [0.15, 0.2) is 42.9 Å². The molecular weight excluding hydrogens is 342 g/mol. The summed E-state index contributed by atoms with van der Waals surface area (Å²) in [6, 6.07) is 9.84. The van der Waals surface area contributed by atoms with Crippen LogP contribution in [-0.2, 0) is 4.79 Å². The lowest BCUT2D eigenvalue weighted by atomic mass is 10.1. The molecule has 140 valence electrons. The summed E-state index contributed by atoms with van der Waals surface area (Å²) in [5.41, 5.74) is 2.85. The molecular formula is C20H23N5O2. The summed E-state index contributed by atoms with van der Waals surface area (Å²) < 4.78 is 5.11. The largest absolute Gasteiger partial charge is 0.481 e. The maximum Gasteiger partial charge on any atom is 0.219 e. The number of carbonyl (C=O) groups excluding carboxylic acids is 1. The third-order valence-corrected chi connectivity index (χ3v) is 4.22. The van der Waals surface area contributed by atoms with Crippen molar-refractivity contribution in [2.75, 3.05) is 19.0 Å². The Bertz CT molecular complexity index is 927. The fourth-order valence-electron chi connectivity index (χ4n) is 2.70. The number of amides is 1. The van der Waals surface area contributed by atoms with Gasteiger partial charge < -0.3 is 15.4 Å². The quantitative estimate of drug-likeness (QED) is 0.669. The molecule has 7 heteroatoms. The number of methoxy groups -OCH3 is 1. The van der Waals surface area contributed by atoms with Crippen molar-refractivity contribution in [2.24, 2.45) is 0 Å². The zero-order chi connectivity index (χ0) is 19.2. The fourth-order valence-corrected chi connectivity index (χ4v) is 2.70. The second kappa shape index (κ2) is 8.44. The lowest BCUT2D eigenvalue weighted by molar-refractivity contribution is -0.120. The standard InChI is InChI=1S/C20H23N5O2/c1-4-18(26)21-10-13(2)25-20-16-9-14(5-7-17(16)23-12-24-20)15-6-8-19(27-3)22-11-15/h5-9,11-13H,4,10H2,1-3H3,(H,21,26)(H,23,24,25). The summed E-state index contributed by atoms with van der Waals surface area (Å²) in [6.45, 7) is 4.36. The average Bonchev–Trinajstić information content (AvgIpc) is 2.72. The van der Waals surface area contributed by atoms with Crippen molar-refractivity contribution in [3.63, 3.8) is 0 Å². The smallest absolute Gasteiger partial charge is 0.219 e. The van der Waals surface area contributed by atoms with Crippen LogP contribution in [0.5, 0.6) is 5.88 Å². The molecule has 27 heavy (non-hydrogen) atoms. The van der Waals surface area contributed by atoms with Gasteiger partial charge in [-0.25, -0.2) is 15.0 Å². The predicted octanol–water partition coefficient (Wildman–Crippen LogP) is 3.03. The minimum Gasteiger partial charge on any atom is -0.481 e. The predicted molar refractivity (Wildman–Crippen MR) is 106 cm³/mol. The topological polar surface area (TPSA) is 89.0 Å². The van der Waals surface area contributed by atoms with Crippen LogP contribution in [0.25, 0.3) is 22.0 Å². The van der Waals surface area contributed by atoms with Gasteiger partial charge in [-0.15, -0.1) is 0 Å². The molecule has 2 N–H and O–H groups in total. The molecule has 0 aliphatic heterocycles. The van der Waals surface area contributed by atoms with Crippen LogP contribution in [0.2, 0.25) is 0 Å². The van der Waals surface area contributed by atoms with Crippen molar-refractivity contribution in [1.29, 1.82) is 0 Å². The van der Waals surface area contributed by atoms with E-state index in [4.69, 9.17) is 4.74 Å². The van der Waals surface area contributed by atoms with E-state index in [0.717, 1.165) is 27.8 Å². The number of nitrogens with zero attached hydrogens (tertiary/aromatic N) is 3. The second-order valence-corrected chi connectivity index (χ2v) is 6.25. The normalized spacial score (nSPS) is 11.8. The maximum absolute atomic E-state index is 11.4. The average molecular weight is 365 g/mol. The Morgan fingerprint density at radius 2 is 1.96 bits per heavy atom. The Morgan fingerprint density at radius 1 is 1.15 bits per heavy atom. The van der Waals surface area contributed by atoms with Crippen LogP contribution < -0.4 is 15.4 Å². The molecule has 0 saturated carbocycles. The van der Waals surface area contributed by atoms with Gasteiger partial charge in [0.2, 0.25) is 11.8 Å². The van der Waals surface area contributed by atoms with Crippen molar-refractivity contribution in [3.05, 3.63) is 42.9 Å². The number of rotatable bonds is 7. The summed E-state index contributed by atoms with van der Waals surface area (Å²) in [7, 11) is 1.59. The van der Waals surface area contributed by atoms with Crippen molar-refractivity contribution >= 4 is 22.6 Å². The maximum atomic E-state index is 11.4. The van der Waals surface area contributed by atoms with Crippen molar-refractivity contribution in [2.45, 2.75) is 26.3 Å². The van der Waals surface area contributed by atoms with E-state index in [1.807, 2.05) is 44.2 Å². The molecule has 0 saturated heterocycles. The molecule has 1 unspecified atom stereocenters. The Kier molecular flexibility index (Phi) is 5.80. The highest BCUT2D eigenvalue weighted by atomic mass is 16.5. The van der Waals surface area contributed by atoms with Crippen LogP contribution in [0.4, 0.5) is 5.82 Å². The molecule has 3 aromatic rings. The van der Waals surface area contributed by atoms with Gasteiger partial charge in [0.25, 0.3) is 0 Å². The highest BCUT2D eigenvalue weighted by Crippen LogP contribution is 2.27. The van der Waals surface area contributed by atoms with E-state index in [9.17, 15) is 4.79 Å². The Hall–Kier alpha value is -3.22. The number of ether oxygens (including phenoxy) is 1. The first-order valence-corrected chi connectivity index (χ1v) is 8.89. The first-order valence-electron chi connectivity index (χ1n) is 8.89.